The molecular formula is C17H24N4O4S. The first-order valence-corrected chi connectivity index (χ1v) is 9.83. The molecule has 142 valence electrons. The Morgan fingerprint density at radius 1 is 1.35 bits per heavy atom. The van der Waals surface area contributed by atoms with E-state index >= 15 is 0 Å². The van der Waals surface area contributed by atoms with E-state index < -0.39 is 27.5 Å². The Morgan fingerprint density at radius 2 is 1.96 bits per heavy atom. The highest BCUT2D eigenvalue weighted by Gasteiger charge is 2.21. The Kier molecular flexibility index (Phi) is 8.22. The Labute approximate surface area is 154 Å². The molecule has 1 rings (SSSR count). The van der Waals surface area contributed by atoms with Crippen LogP contribution in [0.2, 0.25) is 0 Å². The number of carbonyl (C=O) groups excluding carboxylic acids is 1. The Morgan fingerprint density at radius 3 is 2.46 bits per heavy atom. The number of rotatable bonds is 9. The van der Waals surface area contributed by atoms with E-state index in [4.69, 9.17) is 15.7 Å². The summed E-state index contributed by atoms with van der Waals surface area (Å²) in [5.74, 6) is -0.589. The number of hydrazone groups is 1. The standard InChI is InChI=1S/C17H24N4O4S/c1-4-6-16(19)26(23,24)21-20-15(5-2)12(3)25-17(22)14-9-7-13(11-18)8-10-14/h7-10,12,16,21H,4-6,19H2,1-3H3/b20-15+. The zero-order chi connectivity index (χ0) is 19.7. The molecule has 3 N–H and O–H groups in total. The van der Waals surface area contributed by atoms with Gasteiger partial charge in [-0.3, -0.25) is 0 Å². The zero-order valence-corrected chi connectivity index (χ0v) is 15.9. The smallest absolute Gasteiger partial charge is 0.338 e. The first-order chi connectivity index (χ1) is 12.2. The predicted molar refractivity (Wildman–Crippen MR) is 98.7 cm³/mol. The van der Waals surface area contributed by atoms with Crippen molar-refractivity contribution >= 4 is 21.7 Å². The van der Waals surface area contributed by atoms with E-state index in [0.29, 0.717) is 30.5 Å². The average molecular weight is 380 g/mol. The molecule has 0 saturated carbocycles. The summed E-state index contributed by atoms with van der Waals surface area (Å²) in [6.07, 6.45) is 0.599. The lowest BCUT2D eigenvalue weighted by Crippen LogP contribution is -2.39. The third-order valence-corrected chi connectivity index (χ3v) is 5.03. The number of hydrogen-bond acceptors (Lipinski definition) is 7. The van der Waals surface area contributed by atoms with Gasteiger partial charge in [0.1, 0.15) is 11.5 Å². The SMILES string of the molecule is CCCC(N)S(=O)(=O)N/N=C(\CC)C(C)OC(=O)c1ccc(C#N)cc1. The summed E-state index contributed by atoms with van der Waals surface area (Å²) in [6, 6.07) is 7.97. The van der Waals surface area contributed by atoms with Gasteiger partial charge in [0.15, 0.2) is 0 Å². The van der Waals surface area contributed by atoms with Crippen LogP contribution in [0.5, 0.6) is 0 Å². The van der Waals surface area contributed by atoms with Crippen molar-refractivity contribution in [2.75, 3.05) is 0 Å². The maximum atomic E-state index is 12.2. The van der Waals surface area contributed by atoms with Crippen LogP contribution in [-0.2, 0) is 14.8 Å². The Bertz CT molecular complexity index is 782. The monoisotopic (exact) mass is 380 g/mol. The van der Waals surface area contributed by atoms with Gasteiger partial charge in [-0.25, -0.2) is 18.0 Å². The van der Waals surface area contributed by atoms with Crippen molar-refractivity contribution in [1.82, 2.24) is 4.83 Å². The molecule has 2 atom stereocenters. The molecule has 0 spiro atoms. The van der Waals surface area contributed by atoms with Crippen LogP contribution in [-0.4, -0.2) is 31.6 Å². The number of esters is 1. The average Bonchev–Trinajstić information content (AvgIpc) is 2.62. The molecule has 0 bridgehead atoms. The van der Waals surface area contributed by atoms with Gasteiger partial charge in [-0.05, 0) is 44.0 Å². The van der Waals surface area contributed by atoms with Gasteiger partial charge in [-0.15, -0.1) is 0 Å². The molecule has 0 radical (unpaired) electrons. The van der Waals surface area contributed by atoms with Gasteiger partial charge < -0.3 is 10.5 Å². The molecule has 2 unspecified atom stereocenters. The fourth-order valence-electron chi connectivity index (χ4n) is 2.06. The molecule has 0 heterocycles. The van der Waals surface area contributed by atoms with E-state index in [1.807, 2.05) is 13.0 Å². The minimum atomic E-state index is -3.78. The van der Waals surface area contributed by atoms with Gasteiger partial charge in [0, 0.05) is 0 Å². The molecular weight excluding hydrogens is 356 g/mol. The number of nitrogens with two attached hydrogens (primary N) is 1. The molecule has 1 aromatic rings. The molecule has 0 aliphatic rings. The van der Waals surface area contributed by atoms with Crippen LogP contribution in [0.1, 0.15) is 56.0 Å². The van der Waals surface area contributed by atoms with Crippen molar-refractivity contribution in [3.05, 3.63) is 35.4 Å². The fourth-order valence-corrected chi connectivity index (χ4v) is 2.99. The van der Waals surface area contributed by atoms with Gasteiger partial charge >= 0.3 is 5.97 Å². The highest BCUT2D eigenvalue weighted by molar-refractivity contribution is 7.90. The number of benzene rings is 1. The molecule has 0 saturated heterocycles. The number of ether oxygens (including phenoxy) is 1. The van der Waals surface area contributed by atoms with Crippen molar-refractivity contribution < 1.29 is 17.9 Å². The van der Waals surface area contributed by atoms with Crippen molar-refractivity contribution in [2.45, 2.75) is 51.5 Å². The van der Waals surface area contributed by atoms with E-state index in [1.54, 1.807) is 13.8 Å². The lowest BCUT2D eigenvalue weighted by atomic mass is 10.1. The summed E-state index contributed by atoms with van der Waals surface area (Å²) in [5.41, 5.74) is 6.70. The van der Waals surface area contributed by atoms with Gasteiger partial charge in [-0.2, -0.15) is 10.4 Å². The van der Waals surface area contributed by atoms with Crippen LogP contribution in [0.15, 0.2) is 29.4 Å². The molecule has 9 heteroatoms. The van der Waals surface area contributed by atoms with E-state index in [-0.39, 0.29) is 5.56 Å². The fraction of sp³-hybridized carbons (Fsp3) is 0.471. The van der Waals surface area contributed by atoms with Crippen molar-refractivity contribution in [3.63, 3.8) is 0 Å². The number of carbonyl (C=O) groups is 1. The van der Waals surface area contributed by atoms with E-state index in [2.05, 4.69) is 9.93 Å². The third kappa shape index (κ3) is 6.13. The summed E-state index contributed by atoms with van der Waals surface area (Å²) in [5, 5.41) is 11.6. The summed E-state index contributed by atoms with van der Waals surface area (Å²) in [4.78, 5) is 14.3. The second-order valence-corrected chi connectivity index (χ2v) is 7.53. The molecule has 0 amide bonds. The van der Waals surface area contributed by atoms with Crippen molar-refractivity contribution in [1.29, 1.82) is 5.26 Å². The molecule has 0 aromatic heterocycles. The normalized spacial score (nSPS) is 14.2. The number of hydrogen-bond donors (Lipinski definition) is 2. The van der Waals surface area contributed by atoms with Crippen LogP contribution in [0.25, 0.3) is 0 Å². The molecule has 1 aromatic carbocycles. The van der Waals surface area contributed by atoms with Gasteiger partial charge in [0.25, 0.3) is 10.0 Å². The van der Waals surface area contributed by atoms with Gasteiger partial charge in [0.2, 0.25) is 0 Å². The van der Waals surface area contributed by atoms with Gasteiger partial charge in [-0.1, -0.05) is 20.3 Å². The maximum Gasteiger partial charge on any atom is 0.338 e. The molecule has 8 nitrogen and oxygen atoms in total. The van der Waals surface area contributed by atoms with Crippen LogP contribution in [0.3, 0.4) is 0 Å². The summed E-state index contributed by atoms with van der Waals surface area (Å²) < 4.78 is 29.3. The van der Waals surface area contributed by atoms with Gasteiger partial charge in [0.05, 0.1) is 22.9 Å². The lowest BCUT2D eigenvalue weighted by molar-refractivity contribution is 0.0449. The number of nitrogens with zero attached hydrogens (tertiary/aromatic N) is 2. The highest BCUT2D eigenvalue weighted by atomic mass is 32.2. The summed E-state index contributed by atoms with van der Waals surface area (Å²) in [6.45, 7) is 5.20. The Hall–Kier alpha value is -2.44. The number of nitriles is 1. The summed E-state index contributed by atoms with van der Waals surface area (Å²) >= 11 is 0. The molecule has 0 aliphatic carbocycles. The highest BCUT2D eigenvalue weighted by Crippen LogP contribution is 2.09. The number of sulfonamides is 1. The van der Waals surface area contributed by atoms with Crippen LogP contribution < -0.4 is 10.6 Å². The first kappa shape index (κ1) is 21.6. The maximum absolute atomic E-state index is 12.2. The Balaban J connectivity index is 2.79. The molecule has 0 aliphatic heterocycles. The van der Waals surface area contributed by atoms with Crippen LogP contribution >= 0.6 is 0 Å². The quantitative estimate of drug-likeness (QED) is 0.381. The summed E-state index contributed by atoms with van der Waals surface area (Å²) in [7, 11) is -3.78. The van der Waals surface area contributed by atoms with Crippen molar-refractivity contribution in [2.24, 2.45) is 10.8 Å². The first-order valence-electron chi connectivity index (χ1n) is 8.28. The minimum absolute atomic E-state index is 0.289. The van der Waals surface area contributed by atoms with E-state index in [1.165, 1.54) is 24.3 Å². The largest absolute Gasteiger partial charge is 0.453 e. The van der Waals surface area contributed by atoms with Crippen LogP contribution in [0, 0.1) is 11.3 Å². The second kappa shape index (κ2) is 9.89. The minimum Gasteiger partial charge on any atom is -0.453 e. The topological polar surface area (TPSA) is 135 Å². The van der Waals surface area contributed by atoms with Crippen molar-refractivity contribution in [3.8, 4) is 6.07 Å². The second-order valence-electron chi connectivity index (χ2n) is 5.66. The molecule has 0 fully saturated rings. The number of nitrogens with one attached hydrogen (secondary N) is 1. The third-order valence-electron chi connectivity index (χ3n) is 3.65. The molecule has 26 heavy (non-hydrogen) atoms. The van der Waals surface area contributed by atoms with Crippen LogP contribution in [0.4, 0.5) is 0 Å². The van der Waals surface area contributed by atoms with E-state index in [9.17, 15) is 13.2 Å². The van der Waals surface area contributed by atoms with E-state index in [0.717, 1.165) is 0 Å². The lowest BCUT2D eigenvalue weighted by Gasteiger charge is -2.16. The predicted octanol–water partition coefficient (Wildman–Crippen LogP) is 1.87. The zero-order valence-electron chi connectivity index (χ0n) is 15.1.